The number of para-hydroxylation sites is 2. The molecule has 4 heterocycles. The largest absolute Gasteiger partial charge is 0.478 e. The molecule has 0 bridgehead atoms. The summed E-state index contributed by atoms with van der Waals surface area (Å²) in [5.74, 6) is -0.507. The van der Waals surface area contributed by atoms with E-state index < -0.39 is 17.8 Å². The molecule has 2 saturated heterocycles. The standard InChI is InChI=1S/C21H13ClN2O4S2.C11H7ClO2.C10H8N2O3S2/c22-15-7-3-1-5-13(15)17-10-9-12(28-17)11-18-19(25)24(21(29)30-18)23-16-8-4-2-6-14(16)20(26)27;12-10-4-2-1-3-9(10)11-6-5-8(7-13)14-11;13-8-5-17-10(16)12(8)11-7-4-2-1-3-6(7)9(14)15/h1-11,23H,(H,26,27);1-7H;1-4,11H,5H2,(H,14,15). The molecule has 0 atom stereocenters. The molecule has 13 nitrogen and oxygen atoms in total. The smallest absolute Gasteiger partial charge is 0.337 e. The summed E-state index contributed by atoms with van der Waals surface area (Å²) < 4.78 is 11.7. The number of carbonyl (C=O) groups excluding carboxylic acids is 3. The highest BCUT2D eigenvalue weighted by atomic mass is 35.5. The van der Waals surface area contributed by atoms with Gasteiger partial charge in [0, 0.05) is 17.2 Å². The molecule has 4 aromatic carbocycles. The number of nitrogens with one attached hydrogen (secondary N) is 2. The summed E-state index contributed by atoms with van der Waals surface area (Å²) in [5, 5.41) is 21.8. The van der Waals surface area contributed by atoms with Crippen molar-refractivity contribution in [2.24, 2.45) is 0 Å². The summed E-state index contributed by atoms with van der Waals surface area (Å²) in [7, 11) is 0. The minimum atomic E-state index is -1.11. The fraction of sp³-hybridized carbons (Fsp3) is 0.0238. The number of thioether (sulfide) groups is 2. The van der Waals surface area contributed by atoms with E-state index >= 15 is 0 Å². The first-order chi connectivity index (χ1) is 29.3. The quantitative estimate of drug-likeness (QED) is 0.0578. The van der Waals surface area contributed by atoms with E-state index in [0.29, 0.717) is 54.3 Å². The van der Waals surface area contributed by atoms with Crippen LogP contribution < -0.4 is 10.9 Å². The molecule has 4 N–H and O–H groups in total. The molecule has 0 saturated carbocycles. The van der Waals surface area contributed by atoms with Crippen molar-refractivity contribution < 1.29 is 43.0 Å². The van der Waals surface area contributed by atoms with Crippen LogP contribution in [0.4, 0.5) is 11.4 Å². The van der Waals surface area contributed by atoms with Crippen LogP contribution in [0, 0.1) is 0 Å². The molecule has 2 aliphatic heterocycles. The number of rotatable bonds is 10. The number of halogens is 2. The van der Waals surface area contributed by atoms with Gasteiger partial charge in [0.15, 0.2) is 20.7 Å². The zero-order valence-corrected chi connectivity index (χ0v) is 35.7. The lowest BCUT2D eigenvalue weighted by Gasteiger charge is -2.18. The Morgan fingerprint density at radius 1 is 0.656 bits per heavy atom. The van der Waals surface area contributed by atoms with E-state index in [1.165, 1.54) is 28.9 Å². The average molecular weight is 932 g/mol. The number of hydrogen-bond donors (Lipinski definition) is 4. The maximum atomic E-state index is 12.8. The lowest BCUT2D eigenvalue weighted by Crippen LogP contribution is -2.34. The third kappa shape index (κ3) is 10.9. The topological polar surface area (TPSA) is 183 Å². The number of hydrazine groups is 2. The zero-order chi connectivity index (χ0) is 43.6. The average Bonchev–Trinajstić information content (AvgIpc) is 4.05. The van der Waals surface area contributed by atoms with Gasteiger partial charge in [-0.25, -0.2) is 19.6 Å². The molecular formula is C42H28Cl2N4O9S4. The number of nitrogens with zero attached hydrogens (tertiary/aromatic N) is 2. The van der Waals surface area contributed by atoms with Crippen LogP contribution >= 0.6 is 71.2 Å². The van der Waals surface area contributed by atoms with Crippen LogP contribution in [0.2, 0.25) is 10.0 Å². The maximum Gasteiger partial charge on any atom is 0.337 e. The van der Waals surface area contributed by atoms with Gasteiger partial charge < -0.3 is 19.0 Å². The number of carboxylic acids is 2. The van der Waals surface area contributed by atoms with E-state index in [2.05, 4.69) is 10.9 Å². The fourth-order valence-corrected chi connectivity index (χ4v) is 7.98. The number of furan rings is 2. The third-order valence-corrected chi connectivity index (χ3v) is 11.6. The number of amides is 2. The Hall–Kier alpha value is -6.21. The molecule has 0 radical (unpaired) electrons. The molecule has 2 aromatic heterocycles. The van der Waals surface area contributed by atoms with Crippen molar-refractivity contribution in [2.75, 3.05) is 16.6 Å². The fourth-order valence-electron chi connectivity index (χ4n) is 5.39. The predicted molar refractivity (Wildman–Crippen MR) is 245 cm³/mol. The monoisotopic (exact) mass is 930 g/mol. The van der Waals surface area contributed by atoms with Gasteiger partial charge in [-0.1, -0.05) is 107 Å². The van der Waals surface area contributed by atoms with Gasteiger partial charge >= 0.3 is 11.9 Å². The van der Waals surface area contributed by atoms with Crippen molar-refractivity contribution in [2.45, 2.75) is 0 Å². The highest BCUT2D eigenvalue weighted by Gasteiger charge is 2.34. The molecular weight excluding hydrogens is 904 g/mol. The molecule has 0 unspecified atom stereocenters. The van der Waals surface area contributed by atoms with Crippen molar-refractivity contribution in [3.63, 3.8) is 0 Å². The van der Waals surface area contributed by atoms with Gasteiger partial charge in [0.1, 0.15) is 17.3 Å². The highest BCUT2D eigenvalue weighted by molar-refractivity contribution is 8.26. The first-order valence-corrected chi connectivity index (χ1v) is 20.8. The van der Waals surface area contributed by atoms with Gasteiger partial charge in [-0.05, 0) is 85.0 Å². The highest BCUT2D eigenvalue weighted by Crippen LogP contribution is 2.35. The molecule has 61 heavy (non-hydrogen) atoms. The van der Waals surface area contributed by atoms with E-state index in [9.17, 15) is 29.1 Å². The number of anilines is 2. The van der Waals surface area contributed by atoms with Gasteiger partial charge in [0.05, 0.1) is 43.2 Å². The van der Waals surface area contributed by atoms with Crippen LogP contribution in [0.5, 0.6) is 0 Å². The Balaban J connectivity index is 0.000000169. The summed E-state index contributed by atoms with van der Waals surface area (Å²) in [6.07, 6.45) is 2.25. The Morgan fingerprint density at radius 2 is 1.13 bits per heavy atom. The van der Waals surface area contributed by atoms with Crippen LogP contribution in [-0.2, 0) is 9.59 Å². The van der Waals surface area contributed by atoms with Gasteiger partial charge in [-0.15, -0.1) is 0 Å². The number of carbonyl (C=O) groups is 5. The van der Waals surface area contributed by atoms with Crippen LogP contribution in [0.1, 0.15) is 37.0 Å². The second kappa shape index (κ2) is 20.4. The summed E-state index contributed by atoms with van der Waals surface area (Å²) >= 11 is 24.8. The molecule has 2 amide bonds. The van der Waals surface area contributed by atoms with E-state index in [-0.39, 0.29) is 32.8 Å². The summed E-state index contributed by atoms with van der Waals surface area (Å²) in [6, 6.07) is 34.1. The van der Waals surface area contributed by atoms with Crippen LogP contribution in [0.15, 0.2) is 135 Å². The molecule has 0 spiro atoms. The minimum absolute atomic E-state index is 0.0333. The minimum Gasteiger partial charge on any atom is -0.478 e. The van der Waals surface area contributed by atoms with E-state index in [0.717, 1.165) is 27.9 Å². The summed E-state index contributed by atoms with van der Waals surface area (Å²) in [4.78, 5) is 57.4. The number of thiocarbonyl (C=S) groups is 2. The molecule has 8 rings (SSSR count). The van der Waals surface area contributed by atoms with E-state index in [4.69, 9.17) is 61.6 Å². The first-order valence-electron chi connectivity index (χ1n) is 17.4. The molecule has 2 fully saturated rings. The van der Waals surface area contributed by atoms with Gasteiger partial charge in [0.2, 0.25) is 0 Å². The predicted octanol–water partition coefficient (Wildman–Crippen LogP) is 10.5. The Morgan fingerprint density at radius 3 is 1.61 bits per heavy atom. The van der Waals surface area contributed by atoms with Gasteiger partial charge in [-0.2, -0.15) is 0 Å². The molecule has 2 aliphatic rings. The van der Waals surface area contributed by atoms with Crippen LogP contribution in [0.25, 0.3) is 28.7 Å². The lowest BCUT2D eigenvalue weighted by atomic mass is 10.2. The van der Waals surface area contributed by atoms with Crippen molar-refractivity contribution >= 4 is 127 Å². The lowest BCUT2D eigenvalue weighted by molar-refractivity contribution is -0.123. The van der Waals surface area contributed by atoms with Gasteiger partial charge in [-0.3, -0.25) is 25.2 Å². The number of aromatic carboxylic acids is 2. The third-order valence-electron chi connectivity index (χ3n) is 8.25. The second-order valence-electron chi connectivity index (χ2n) is 12.2. The van der Waals surface area contributed by atoms with Crippen LogP contribution in [0.3, 0.4) is 0 Å². The van der Waals surface area contributed by atoms with Crippen molar-refractivity contribution in [1.82, 2.24) is 10.0 Å². The Kier molecular flexibility index (Phi) is 14.8. The second-order valence-corrected chi connectivity index (χ2v) is 16.3. The van der Waals surface area contributed by atoms with E-state index in [1.807, 2.05) is 36.4 Å². The van der Waals surface area contributed by atoms with Gasteiger partial charge in [0.25, 0.3) is 11.8 Å². The Labute approximate surface area is 376 Å². The first kappa shape index (κ1) is 44.3. The number of hydrogen-bond acceptors (Lipinski definition) is 13. The number of carboxylic acid groups (broad SMARTS) is 2. The molecule has 6 aromatic rings. The molecule has 0 aliphatic carbocycles. The van der Waals surface area contributed by atoms with Crippen molar-refractivity contribution in [1.29, 1.82) is 0 Å². The maximum absolute atomic E-state index is 12.8. The summed E-state index contributed by atoms with van der Waals surface area (Å²) in [5.41, 5.74) is 7.81. The van der Waals surface area contributed by atoms with Crippen molar-refractivity contribution in [3.05, 3.63) is 159 Å². The number of aldehydes is 1. The molecule has 19 heteroatoms. The SMILES string of the molecule is O=C(O)c1ccccc1NN1C(=O)C(=Cc2ccc(-c3ccccc3Cl)o2)SC1=S.O=C(O)c1ccccc1NN1C(=O)CSC1=S.O=Cc1ccc(-c2ccccc2Cl)o1. The normalized spacial score (nSPS) is 14.0. The van der Waals surface area contributed by atoms with E-state index in [1.54, 1.807) is 78.9 Å². The van der Waals surface area contributed by atoms with Crippen molar-refractivity contribution in [3.8, 4) is 22.6 Å². The number of benzene rings is 4. The Bertz CT molecular complexity index is 2700. The zero-order valence-electron chi connectivity index (χ0n) is 30.9. The van der Waals surface area contributed by atoms with Crippen LogP contribution in [-0.4, -0.2) is 64.7 Å². The molecule has 308 valence electrons. The summed E-state index contributed by atoms with van der Waals surface area (Å²) in [6.45, 7) is 0.